The van der Waals surface area contributed by atoms with E-state index >= 15 is 0 Å². The fourth-order valence-corrected chi connectivity index (χ4v) is 6.38. The third-order valence-electron chi connectivity index (χ3n) is 7.80. The third-order valence-corrected chi connectivity index (χ3v) is 7.80. The molecule has 0 radical (unpaired) electrons. The Morgan fingerprint density at radius 1 is 1.14 bits per heavy atom. The summed E-state index contributed by atoms with van der Waals surface area (Å²) in [5.41, 5.74) is 2.49. The lowest BCUT2D eigenvalue weighted by Crippen LogP contribution is -2.35. The molecule has 0 bridgehead atoms. The summed E-state index contributed by atoms with van der Waals surface area (Å²) < 4.78 is 0. The van der Waals surface area contributed by atoms with Gasteiger partial charge in [0.25, 0.3) is 0 Å². The molecule has 3 aliphatic carbocycles. The zero-order valence-corrected chi connectivity index (χ0v) is 18.9. The molecule has 3 aliphatic rings. The van der Waals surface area contributed by atoms with E-state index in [9.17, 15) is 15.3 Å². The molecule has 29 heavy (non-hydrogen) atoms. The summed E-state index contributed by atoms with van der Waals surface area (Å²) in [6.45, 7) is 8.59. The van der Waals surface area contributed by atoms with Crippen LogP contribution < -0.4 is 0 Å². The highest BCUT2D eigenvalue weighted by Gasteiger charge is 2.50. The van der Waals surface area contributed by atoms with Gasteiger partial charge in [-0.05, 0) is 94.8 Å². The van der Waals surface area contributed by atoms with Crippen molar-refractivity contribution in [3.63, 3.8) is 0 Å². The molecule has 3 saturated carbocycles. The number of aliphatic hydroxyl groups excluding tert-OH is 2. The number of hydrogen-bond acceptors (Lipinski definition) is 3. The van der Waals surface area contributed by atoms with Crippen molar-refractivity contribution in [1.82, 2.24) is 0 Å². The van der Waals surface area contributed by atoms with E-state index in [0.717, 1.165) is 0 Å². The summed E-state index contributed by atoms with van der Waals surface area (Å²) in [7, 11) is 0. The Balaban J connectivity index is 1.71. The minimum absolute atomic E-state index is 0.354. The first kappa shape index (κ1) is 22.8. The van der Waals surface area contributed by atoms with E-state index in [-0.39, 0.29) is 0 Å². The Morgan fingerprint density at radius 2 is 1.83 bits per heavy atom. The Bertz CT molecular complexity index is 641. The fourth-order valence-electron chi connectivity index (χ4n) is 6.38. The smallest absolute Gasteiger partial charge is 0.0626 e. The van der Waals surface area contributed by atoms with Gasteiger partial charge in [-0.3, -0.25) is 0 Å². The van der Waals surface area contributed by atoms with Crippen molar-refractivity contribution < 1.29 is 15.3 Å². The predicted molar refractivity (Wildman–Crippen MR) is 119 cm³/mol. The molecule has 0 aromatic carbocycles. The molecule has 0 aromatic heterocycles. The Labute approximate surface area is 177 Å². The highest BCUT2D eigenvalue weighted by molar-refractivity contribution is 5.26. The second kappa shape index (κ2) is 9.08. The van der Waals surface area contributed by atoms with Gasteiger partial charge in [0.15, 0.2) is 0 Å². The van der Waals surface area contributed by atoms with Gasteiger partial charge in [-0.25, -0.2) is 0 Å². The lowest BCUT2D eigenvalue weighted by molar-refractivity contribution is 0.0609. The van der Waals surface area contributed by atoms with Crippen molar-refractivity contribution >= 4 is 0 Å². The Kier molecular flexibility index (Phi) is 7.13. The van der Waals surface area contributed by atoms with E-state index in [1.54, 1.807) is 5.57 Å². The van der Waals surface area contributed by atoms with Crippen LogP contribution in [0.1, 0.15) is 85.5 Å². The molecule has 0 aliphatic heterocycles. The molecule has 0 heterocycles. The van der Waals surface area contributed by atoms with Crippen LogP contribution in [-0.2, 0) is 0 Å². The van der Waals surface area contributed by atoms with Crippen LogP contribution in [0.3, 0.4) is 0 Å². The monoisotopic (exact) mass is 402 g/mol. The van der Waals surface area contributed by atoms with Gasteiger partial charge in [0, 0.05) is 0 Å². The van der Waals surface area contributed by atoms with Crippen molar-refractivity contribution in [2.24, 2.45) is 23.2 Å². The molecule has 0 aromatic rings. The van der Waals surface area contributed by atoms with Crippen LogP contribution in [0.5, 0.6) is 0 Å². The van der Waals surface area contributed by atoms with Crippen molar-refractivity contribution in [3.8, 4) is 0 Å². The van der Waals surface area contributed by atoms with E-state index in [0.29, 0.717) is 48.9 Å². The molecule has 0 spiro atoms. The summed E-state index contributed by atoms with van der Waals surface area (Å²) in [4.78, 5) is 0. The summed E-state index contributed by atoms with van der Waals surface area (Å²) in [5.74, 6) is 1.88. The molecule has 0 amide bonds. The number of rotatable bonds is 5. The number of hydrogen-bond donors (Lipinski definition) is 3. The first-order chi connectivity index (χ1) is 13.6. The lowest BCUT2D eigenvalue weighted by atomic mass is 9.61. The number of aliphatic hydroxyl groups is 3. The molecular weight excluding hydrogens is 360 g/mol. The first-order valence-electron chi connectivity index (χ1n) is 11.7. The molecule has 3 N–H and O–H groups in total. The summed E-state index contributed by atoms with van der Waals surface area (Å²) in [6, 6.07) is 0. The summed E-state index contributed by atoms with van der Waals surface area (Å²) >= 11 is 0. The van der Waals surface area contributed by atoms with Crippen LogP contribution >= 0.6 is 0 Å². The lowest BCUT2D eigenvalue weighted by Gasteiger charge is -2.44. The average molecular weight is 403 g/mol. The SMILES string of the molecule is CC(C=CCC(C)(C)O)C1CCC2C(=CC=C3CC(O)CC(O)C3)CCCC21C. The molecule has 3 fully saturated rings. The zero-order valence-electron chi connectivity index (χ0n) is 18.9. The van der Waals surface area contributed by atoms with Gasteiger partial charge in [0.1, 0.15) is 0 Å². The predicted octanol–water partition coefficient (Wildman–Crippen LogP) is 5.31. The highest BCUT2D eigenvalue weighted by Crippen LogP contribution is 2.59. The maximum atomic E-state index is 9.97. The maximum Gasteiger partial charge on any atom is 0.0626 e. The standard InChI is InChI=1S/C26H42O3/c1-18(7-5-13-25(2,3)29)23-11-12-24-20(8-6-14-26(23,24)4)10-9-19-15-21(27)17-22(28)16-19/h5,7,9-10,18,21-24,27-29H,6,8,11-17H2,1-4H3. The second-order valence-corrected chi connectivity index (χ2v) is 10.9. The normalized spacial score (nSPS) is 38.4. The van der Waals surface area contributed by atoms with Crippen molar-refractivity contribution in [1.29, 1.82) is 0 Å². The van der Waals surface area contributed by atoms with Gasteiger partial charge in [-0.15, -0.1) is 0 Å². The van der Waals surface area contributed by atoms with Crippen LogP contribution in [0, 0.1) is 23.2 Å². The maximum absolute atomic E-state index is 9.97. The van der Waals surface area contributed by atoms with Gasteiger partial charge < -0.3 is 15.3 Å². The van der Waals surface area contributed by atoms with E-state index in [4.69, 9.17) is 0 Å². The van der Waals surface area contributed by atoms with Gasteiger partial charge >= 0.3 is 0 Å². The number of allylic oxidation sites excluding steroid dienone is 4. The van der Waals surface area contributed by atoms with Gasteiger partial charge in [-0.1, -0.05) is 49.3 Å². The largest absolute Gasteiger partial charge is 0.393 e. The second-order valence-electron chi connectivity index (χ2n) is 10.9. The van der Waals surface area contributed by atoms with Crippen molar-refractivity contribution in [3.05, 3.63) is 35.5 Å². The quantitative estimate of drug-likeness (QED) is 0.546. The minimum Gasteiger partial charge on any atom is -0.393 e. The molecule has 3 nitrogen and oxygen atoms in total. The van der Waals surface area contributed by atoms with Crippen LogP contribution in [0.25, 0.3) is 0 Å². The van der Waals surface area contributed by atoms with Crippen LogP contribution in [0.15, 0.2) is 35.5 Å². The van der Waals surface area contributed by atoms with E-state index in [1.807, 2.05) is 13.8 Å². The Morgan fingerprint density at radius 3 is 2.48 bits per heavy atom. The van der Waals surface area contributed by atoms with E-state index < -0.39 is 17.8 Å². The van der Waals surface area contributed by atoms with Gasteiger partial charge in [0.05, 0.1) is 17.8 Å². The van der Waals surface area contributed by atoms with Crippen LogP contribution in [0.2, 0.25) is 0 Å². The van der Waals surface area contributed by atoms with Gasteiger partial charge in [0.2, 0.25) is 0 Å². The molecule has 0 saturated heterocycles. The van der Waals surface area contributed by atoms with Crippen molar-refractivity contribution in [2.45, 2.75) is 103 Å². The zero-order chi connectivity index (χ0) is 21.2. The molecule has 3 heteroatoms. The molecule has 6 unspecified atom stereocenters. The van der Waals surface area contributed by atoms with Gasteiger partial charge in [-0.2, -0.15) is 0 Å². The van der Waals surface area contributed by atoms with E-state index in [2.05, 4.69) is 38.2 Å². The van der Waals surface area contributed by atoms with Crippen molar-refractivity contribution in [2.75, 3.05) is 0 Å². The highest BCUT2D eigenvalue weighted by atomic mass is 16.3. The Hall–Kier alpha value is -0.900. The van der Waals surface area contributed by atoms with Crippen LogP contribution in [0.4, 0.5) is 0 Å². The number of fused-ring (bicyclic) bond motifs is 1. The first-order valence-corrected chi connectivity index (χ1v) is 11.7. The van der Waals surface area contributed by atoms with E-state index in [1.165, 1.54) is 37.7 Å². The summed E-state index contributed by atoms with van der Waals surface area (Å²) in [5, 5.41) is 29.9. The molecule has 3 rings (SSSR count). The molecule has 6 atom stereocenters. The van der Waals surface area contributed by atoms with Crippen LogP contribution in [-0.4, -0.2) is 33.1 Å². The third kappa shape index (κ3) is 5.62. The fraction of sp³-hybridized carbons (Fsp3) is 0.769. The topological polar surface area (TPSA) is 60.7 Å². The average Bonchev–Trinajstić information content (AvgIpc) is 2.95. The molecular formula is C26H42O3. The summed E-state index contributed by atoms with van der Waals surface area (Å²) in [6.07, 6.45) is 17.2. The molecule has 164 valence electrons. The minimum atomic E-state index is -0.632.